The second-order valence-electron chi connectivity index (χ2n) is 6.96. The van der Waals surface area contributed by atoms with E-state index in [1.165, 1.54) is 24.3 Å². The van der Waals surface area contributed by atoms with Crippen LogP contribution in [0, 0.1) is 20.2 Å². The summed E-state index contributed by atoms with van der Waals surface area (Å²) >= 11 is 0. The number of rotatable bonds is 5. The van der Waals surface area contributed by atoms with E-state index >= 15 is 0 Å². The van der Waals surface area contributed by atoms with Crippen LogP contribution in [0.1, 0.15) is 39.4 Å². The van der Waals surface area contributed by atoms with Crippen molar-refractivity contribution in [2.45, 2.75) is 13.2 Å². The zero-order valence-corrected chi connectivity index (χ0v) is 16.5. The number of ether oxygens (including phenoxy) is 1. The molecule has 11 heteroatoms. The van der Waals surface area contributed by atoms with Gasteiger partial charge in [-0.25, -0.2) is 4.79 Å². The van der Waals surface area contributed by atoms with Crippen LogP contribution in [0.5, 0.6) is 0 Å². The summed E-state index contributed by atoms with van der Waals surface area (Å²) in [7, 11) is 0. The summed E-state index contributed by atoms with van der Waals surface area (Å²) in [4.78, 5) is 47.7. The Morgan fingerprint density at radius 1 is 1.09 bits per heavy atom. The molecule has 162 valence electrons. The molecule has 4 rings (SSSR count). The molecule has 1 amide bonds. The lowest BCUT2D eigenvalue weighted by Gasteiger charge is -2.33. The lowest BCUT2D eigenvalue weighted by atomic mass is 9.91. The van der Waals surface area contributed by atoms with E-state index in [0.717, 1.165) is 29.2 Å². The lowest BCUT2D eigenvalue weighted by molar-refractivity contribution is -0.385. The Balaban J connectivity index is 1.95. The molecule has 0 saturated heterocycles. The molecule has 0 spiro atoms. The molecule has 1 heterocycles. The van der Waals surface area contributed by atoms with Crippen LogP contribution in [0.4, 0.5) is 17.1 Å². The topological polar surface area (TPSA) is 153 Å². The highest BCUT2D eigenvalue weighted by molar-refractivity contribution is 6.18. The standard InChI is InChI=1S/C21H15N3O8/c1-2-32-21(27)11-4-3-5-13(6-11)22-19(25)16-9-14(23(28)29)7-12-8-15(24(30)31)10-17(18(12)16)20(22)26/h3-10,19,25H,2H2,1H3. The molecule has 1 aliphatic heterocycles. The number of anilines is 1. The van der Waals surface area contributed by atoms with E-state index in [1.807, 2.05) is 0 Å². The lowest BCUT2D eigenvalue weighted by Crippen LogP contribution is -2.38. The average molecular weight is 437 g/mol. The Morgan fingerprint density at radius 3 is 2.38 bits per heavy atom. The third-order valence-corrected chi connectivity index (χ3v) is 5.08. The number of benzene rings is 3. The maximum absolute atomic E-state index is 13.3. The summed E-state index contributed by atoms with van der Waals surface area (Å²) in [6.45, 7) is 1.77. The quantitative estimate of drug-likeness (QED) is 0.361. The fourth-order valence-electron chi connectivity index (χ4n) is 3.74. The molecular formula is C21H15N3O8. The molecule has 0 aliphatic carbocycles. The SMILES string of the molecule is CCOC(=O)c1cccc(N2C(=O)c3cc([N+](=O)[O-])cc4cc([N+](=O)[O-])cc(c34)C2O)c1. The third kappa shape index (κ3) is 3.30. The molecule has 0 bridgehead atoms. The van der Waals surface area contributed by atoms with E-state index < -0.39 is 39.3 Å². The summed E-state index contributed by atoms with van der Waals surface area (Å²) < 4.78 is 4.96. The van der Waals surface area contributed by atoms with Crippen molar-refractivity contribution in [3.8, 4) is 0 Å². The van der Waals surface area contributed by atoms with Crippen molar-refractivity contribution in [2.24, 2.45) is 0 Å². The van der Waals surface area contributed by atoms with Gasteiger partial charge >= 0.3 is 5.97 Å². The zero-order chi connectivity index (χ0) is 23.2. The van der Waals surface area contributed by atoms with Crippen LogP contribution in [0.25, 0.3) is 10.8 Å². The largest absolute Gasteiger partial charge is 0.462 e. The summed E-state index contributed by atoms with van der Waals surface area (Å²) in [5.74, 6) is -1.39. The van der Waals surface area contributed by atoms with E-state index in [9.17, 15) is 34.9 Å². The molecule has 3 aromatic carbocycles. The zero-order valence-electron chi connectivity index (χ0n) is 16.5. The molecule has 1 unspecified atom stereocenters. The molecular weight excluding hydrogens is 422 g/mol. The minimum Gasteiger partial charge on any atom is -0.462 e. The minimum absolute atomic E-state index is 0.0419. The van der Waals surface area contributed by atoms with Gasteiger partial charge in [-0.05, 0) is 30.5 Å². The molecule has 1 aliphatic rings. The first kappa shape index (κ1) is 20.9. The van der Waals surface area contributed by atoms with E-state index in [-0.39, 0.29) is 39.8 Å². The van der Waals surface area contributed by atoms with E-state index in [4.69, 9.17) is 4.74 Å². The van der Waals surface area contributed by atoms with E-state index in [1.54, 1.807) is 6.92 Å². The van der Waals surface area contributed by atoms with Crippen LogP contribution in [-0.4, -0.2) is 33.4 Å². The highest BCUT2D eigenvalue weighted by Gasteiger charge is 2.37. The van der Waals surface area contributed by atoms with Gasteiger partial charge in [0.15, 0.2) is 6.23 Å². The van der Waals surface area contributed by atoms with Crippen molar-refractivity contribution >= 4 is 39.7 Å². The molecule has 0 fully saturated rings. The van der Waals surface area contributed by atoms with Crippen molar-refractivity contribution in [3.63, 3.8) is 0 Å². The Labute approximate surface area is 179 Å². The Morgan fingerprint density at radius 2 is 1.75 bits per heavy atom. The first-order valence-corrected chi connectivity index (χ1v) is 9.42. The molecule has 0 saturated carbocycles. The van der Waals surface area contributed by atoms with Crippen molar-refractivity contribution < 1.29 is 29.3 Å². The predicted octanol–water partition coefficient (Wildman–Crippen LogP) is 3.48. The summed E-state index contributed by atoms with van der Waals surface area (Å²) in [6, 6.07) is 10.2. The summed E-state index contributed by atoms with van der Waals surface area (Å²) in [5.41, 5.74) is -0.633. The maximum Gasteiger partial charge on any atom is 0.338 e. The monoisotopic (exact) mass is 437 g/mol. The predicted molar refractivity (Wildman–Crippen MR) is 111 cm³/mol. The number of carbonyl (C=O) groups excluding carboxylic acids is 2. The molecule has 0 radical (unpaired) electrons. The second-order valence-corrected chi connectivity index (χ2v) is 6.96. The van der Waals surface area contributed by atoms with Gasteiger partial charge in [0.05, 0.1) is 27.6 Å². The number of hydrogen-bond donors (Lipinski definition) is 1. The Hall–Kier alpha value is -4.38. The number of nitro benzene ring substituents is 2. The van der Waals surface area contributed by atoms with Crippen molar-refractivity contribution in [1.82, 2.24) is 0 Å². The van der Waals surface area contributed by atoms with Gasteiger partial charge in [0.2, 0.25) is 0 Å². The number of aliphatic hydroxyl groups excluding tert-OH is 1. The van der Waals surface area contributed by atoms with Crippen LogP contribution in [0.15, 0.2) is 48.5 Å². The Kier molecular flexibility index (Phi) is 5.03. The number of nitro groups is 2. The number of hydrogen-bond acceptors (Lipinski definition) is 8. The van der Waals surface area contributed by atoms with E-state index in [2.05, 4.69) is 0 Å². The van der Waals surface area contributed by atoms with Gasteiger partial charge < -0.3 is 9.84 Å². The third-order valence-electron chi connectivity index (χ3n) is 5.08. The highest BCUT2D eigenvalue weighted by Crippen LogP contribution is 2.42. The van der Waals surface area contributed by atoms with Gasteiger partial charge in [0, 0.05) is 40.9 Å². The number of nitrogens with zero attached hydrogens (tertiary/aromatic N) is 3. The number of amides is 1. The number of esters is 1. The highest BCUT2D eigenvalue weighted by atomic mass is 16.6. The molecule has 1 N–H and O–H groups in total. The number of non-ortho nitro benzene ring substituents is 2. The molecule has 3 aromatic rings. The van der Waals surface area contributed by atoms with Crippen molar-refractivity contribution in [2.75, 3.05) is 11.5 Å². The fourth-order valence-corrected chi connectivity index (χ4v) is 3.74. The number of carbonyl (C=O) groups is 2. The van der Waals surface area contributed by atoms with Crippen molar-refractivity contribution in [3.05, 3.63) is 85.4 Å². The van der Waals surface area contributed by atoms with Gasteiger partial charge in [-0.1, -0.05) is 6.07 Å². The first-order chi connectivity index (χ1) is 15.2. The molecule has 32 heavy (non-hydrogen) atoms. The summed E-state index contributed by atoms with van der Waals surface area (Å²) in [5, 5.41) is 34.1. The average Bonchev–Trinajstić information content (AvgIpc) is 2.77. The van der Waals surface area contributed by atoms with Crippen molar-refractivity contribution in [1.29, 1.82) is 0 Å². The first-order valence-electron chi connectivity index (χ1n) is 9.42. The van der Waals surface area contributed by atoms with Crippen LogP contribution in [-0.2, 0) is 4.74 Å². The normalized spacial score (nSPS) is 15.0. The summed E-state index contributed by atoms with van der Waals surface area (Å²) in [6.07, 6.45) is -1.63. The van der Waals surface area contributed by atoms with Crippen LogP contribution < -0.4 is 4.90 Å². The molecule has 1 atom stereocenters. The van der Waals surface area contributed by atoms with Crippen LogP contribution in [0.2, 0.25) is 0 Å². The van der Waals surface area contributed by atoms with Gasteiger partial charge in [-0.15, -0.1) is 0 Å². The fraction of sp³-hybridized carbons (Fsp3) is 0.143. The molecule has 0 aromatic heterocycles. The van der Waals surface area contributed by atoms with E-state index in [0.29, 0.717) is 0 Å². The number of aliphatic hydroxyl groups is 1. The maximum atomic E-state index is 13.3. The van der Waals surface area contributed by atoms with Gasteiger partial charge in [-0.2, -0.15) is 0 Å². The Bertz CT molecular complexity index is 1310. The van der Waals surface area contributed by atoms with Gasteiger partial charge in [0.25, 0.3) is 17.3 Å². The van der Waals surface area contributed by atoms with Crippen LogP contribution in [0.3, 0.4) is 0 Å². The molecule has 11 nitrogen and oxygen atoms in total. The van der Waals surface area contributed by atoms with Gasteiger partial charge in [0.1, 0.15) is 0 Å². The second kappa shape index (κ2) is 7.71. The minimum atomic E-state index is -1.63. The smallest absolute Gasteiger partial charge is 0.338 e. The van der Waals surface area contributed by atoms with Crippen LogP contribution >= 0.6 is 0 Å². The van der Waals surface area contributed by atoms with Gasteiger partial charge in [-0.3, -0.25) is 29.9 Å².